The molecule has 4 heteroatoms. The van der Waals surface area contributed by atoms with Crippen LogP contribution in [0, 0.1) is 0 Å². The van der Waals surface area contributed by atoms with E-state index >= 15 is 0 Å². The summed E-state index contributed by atoms with van der Waals surface area (Å²) in [5.41, 5.74) is 4.17. The molecule has 0 spiro atoms. The second-order valence-corrected chi connectivity index (χ2v) is 6.51. The molecule has 0 bridgehead atoms. The first-order chi connectivity index (χ1) is 9.33. The molecule has 0 amide bonds. The number of halogens is 1. The number of aromatic amines is 1. The van der Waals surface area contributed by atoms with Crippen molar-refractivity contribution in [1.29, 1.82) is 0 Å². The predicted molar refractivity (Wildman–Crippen MR) is 81.5 cm³/mol. The van der Waals surface area contributed by atoms with Gasteiger partial charge in [0.2, 0.25) is 0 Å². The van der Waals surface area contributed by atoms with Gasteiger partial charge in [-0.1, -0.05) is 15.9 Å². The standard InChI is InChI=1S/C15H18BrN3/c16-9-3-4-12-11(8-9)10-5-7-18-15(14(10)19-12)13-2-1-6-17-13/h3-4,8,13,15,17-19H,1-2,5-7H2. The van der Waals surface area contributed by atoms with Crippen LogP contribution in [0.1, 0.15) is 30.1 Å². The van der Waals surface area contributed by atoms with Gasteiger partial charge < -0.3 is 15.6 Å². The van der Waals surface area contributed by atoms with Gasteiger partial charge in [0.1, 0.15) is 0 Å². The maximum Gasteiger partial charge on any atom is 0.0631 e. The van der Waals surface area contributed by atoms with Crippen LogP contribution in [0.5, 0.6) is 0 Å². The van der Waals surface area contributed by atoms with E-state index in [4.69, 9.17) is 0 Å². The molecule has 2 aromatic rings. The minimum absolute atomic E-state index is 0.442. The topological polar surface area (TPSA) is 39.9 Å². The number of nitrogens with one attached hydrogen (secondary N) is 3. The summed E-state index contributed by atoms with van der Waals surface area (Å²) >= 11 is 3.58. The van der Waals surface area contributed by atoms with Crippen molar-refractivity contribution in [3.63, 3.8) is 0 Å². The van der Waals surface area contributed by atoms with Gasteiger partial charge >= 0.3 is 0 Å². The van der Waals surface area contributed by atoms with E-state index in [1.165, 1.54) is 35.0 Å². The Labute approximate surface area is 121 Å². The minimum Gasteiger partial charge on any atom is -0.357 e. The molecule has 0 saturated carbocycles. The first-order valence-corrected chi connectivity index (χ1v) is 7.89. The molecule has 1 aromatic heterocycles. The summed E-state index contributed by atoms with van der Waals surface area (Å²) in [6.07, 6.45) is 3.69. The van der Waals surface area contributed by atoms with E-state index in [2.05, 4.69) is 49.7 Å². The Balaban J connectivity index is 1.83. The van der Waals surface area contributed by atoms with Crippen LogP contribution in [-0.2, 0) is 6.42 Å². The molecule has 100 valence electrons. The number of H-pyrrole nitrogens is 1. The molecule has 2 atom stereocenters. The van der Waals surface area contributed by atoms with E-state index in [0.717, 1.165) is 24.0 Å². The SMILES string of the molecule is Brc1ccc2[nH]c3c(c2c1)CCNC3C1CCCN1. The normalized spacial score (nSPS) is 26.8. The van der Waals surface area contributed by atoms with Gasteiger partial charge in [-0.3, -0.25) is 0 Å². The van der Waals surface area contributed by atoms with E-state index in [1.54, 1.807) is 0 Å². The van der Waals surface area contributed by atoms with Crippen molar-refractivity contribution < 1.29 is 0 Å². The van der Waals surface area contributed by atoms with E-state index in [9.17, 15) is 0 Å². The Morgan fingerprint density at radius 3 is 2.95 bits per heavy atom. The second kappa shape index (κ2) is 4.62. The average molecular weight is 320 g/mol. The van der Waals surface area contributed by atoms with Crippen molar-refractivity contribution in [3.05, 3.63) is 33.9 Å². The molecule has 2 aliphatic rings. The third-order valence-corrected chi connectivity index (χ3v) is 4.95. The molecular formula is C15H18BrN3. The van der Waals surface area contributed by atoms with Gasteiger partial charge in [-0.05, 0) is 56.1 Å². The van der Waals surface area contributed by atoms with Gasteiger partial charge in [0, 0.05) is 27.1 Å². The molecule has 19 heavy (non-hydrogen) atoms. The van der Waals surface area contributed by atoms with E-state index in [0.29, 0.717) is 12.1 Å². The molecule has 0 radical (unpaired) electrons. The summed E-state index contributed by atoms with van der Waals surface area (Å²) in [5.74, 6) is 0. The summed E-state index contributed by atoms with van der Waals surface area (Å²) in [6, 6.07) is 7.56. The van der Waals surface area contributed by atoms with E-state index in [-0.39, 0.29) is 0 Å². The number of fused-ring (bicyclic) bond motifs is 3. The summed E-state index contributed by atoms with van der Waals surface area (Å²) < 4.78 is 1.16. The zero-order valence-corrected chi connectivity index (χ0v) is 12.4. The smallest absolute Gasteiger partial charge is 0.0631 e. The molecule has 2 aliphatic heterocycles. The number of rotatable bonds is 1. The number of hydrogen-bond acceptors (Lipinski definition) is 2. The van der Waals surface area contributed by atoms with Gasteiger partial charge in [0.05, 0.1) is 6.04 Å². The van der Waals surface area contributed by atoms with Crippen LogP contribution in [0.4, 0.5) is 0 Å². The summed E-state index contributed by atoms with van der Waals surface area (Å²) in [4.78, 5) is 3.65. The number of benzene rings is 1. The summed E-state index contributed by atoms with van der Waals surface area (Å²) in [6.45, 7) is 2.24. The van der Waals surface area contributed by atoms with Crippen LogP contribution in [0.25, 0.3) is 10.9 Å². The molecule has 1 fully saturated rings. The van der Waals surface area contributed by atoms with E-state index in [1.807, 2.05) is 0 Å². The highest BCUT2D eigenvalue weighted by Crippen LogP contribution is 2.34. The fourth-order valence-electron chi connectivity index (χ4n) is 3.57. The van der Waals surface area contributed by atoms with Crippen molar-refractivity contribution in [2.75, 3.05) is 13.1 Å². The van der Waals surface area contributed by atoms with Crippen molar-refractivity contribution in [3.8, 4) is 0 Å². The predicted octanol–water partition coefficient (Wildman–Crippen LogP) is 2.87. The van der Waals surface area contributed by atoms with Crippen molar-refractivity contribution in [2.24, 2.45) is 0 Å². The largest absolute Gasteiger partial charge is 0.357 e. The van der Waals surface area contributed by atoms with Crippen molar-refractivity contribution >= 4 is 26.8 Å². The van der Waals surface area contributed by atoms with Gasteiger partial charge in [0.25, 0.3) is 0 Å². The lowest BCUT2D eigenvalue weighted by Crippen LogP contribution is -2.41. The summed E-state index contributed by atoms with van der Waals surface area (Å²) in [7, 11) is 0. The Morgan fingerprint density at radius 2 is 2.11 bits per heavy atom. The lowest BCUT2D eigenvalue weighted by Gasteiger charge is -2.29. The summed E-state index contributed by atoms with van der Waals surface area (Å²) in [5, 5.41) is 8.70. The Morgan fingerprint density at radius 1 is 1.16 bits per heavy atom. The maximum absolute atomic E-state index is 3.69. The zero-order valence-electron chi connectivity index (χ0n) is 10.8. The van der Waals surface area contributed by atoms with Crippen molar-refractivity contribution in [1.82, 2.24) is 15.6 Å². The number of aromatic nitrogens is 1. The van der Waals surface area contributed by atoms with Gasteiger partial charge in [0.15, 0.2) is 0 Å². The highest BCUT2D eigenvalue weighted by atomic mass is 79.9. The van der Waals surface area contributed by atoms with Crippen LogP contribution < -0.4 is 10.6 Å². The lowest BCUT2D eigenvalue weighted by molar-refractivity contribution is 0.392. The zero-order chi connectivity index (χ0) is 12.8. The minimum atomic E-state index is 0.442. The first-order valence-electron chi connectivity index (χ1n) is 7.10. The Kier molecular flexibility index (Phi) is 2.90. The molecule has 3 heterocycles. The third-order valence-electron chi connectivity index (χ3n) is 4.45. The molecule has 4 rings (SSSR count). The van der Waals surface area contributed by atoms with Crippen LogP contribution >= 0.6 is 15.9 Å². The van der Waals surface area contributed by atoms with Gasteiger partial charge in [-0.2, -0.15) is 0 Å². The Hall–Kier alpha value is -0.840. The van der Waals surface area contributed by atoms with Crippen LogP contribution in [0.2, 0.25) is 0 Å². The first kappa shape index (κ1) is 11.9. The molecule has 2 unspecified atom stereocenters. The molecule has 1 aromatic carbocycles. The molecular weight excluding hydrogens is 302 g/mol. The fourth-order valence-corrected chi connectivity index (χ4v) is 3.93. The molecule has 1 saturated heterocycles. The maximum atomic E-state index is 3.69. The molecule has 3 N–H and O–H groups in total. The lowest BCUT2D eigenvalue weighted by atomic mass is 9.94. The van der Waals surface area contributed by atoms with Crippen LogP contribution in [0.15, 0.2) is 22.7 Å². The van der Waals surface area contributed by atoms with Crippen LogP contribution in [0.3, 0.4) is 0 Å². The van der Waals surface area contributed by atoms with Crippen molar-refractivity contribution in [2.45, 2.75) is 31.3 Å². The molecule has 0 aliphatic carbocycles. The second-order valence-electron chi connectivity index (χ2n) is 5.59. The average Bonchev–Trinajstić information content (AvgIpc) is 3.05. The quantitative estimate of drug-likeness (QED) is 0.756. The fraction of sp³-hybridized carbons (Fsp3) is 0.467. The van der Waals surface area contributed by atoms with Gasteiger partial charge in [-0.25, -0.2) is 0 Å². The number of hydrogen-bond donors (Lipinski definition) is 3. The Bertz CT molecular complexity index is 613. The highest BCUT2D eigenvalue weighted by molar-refractivity contribution is 9.10. The monoisotopic (exact) mass is 319 g/mol. The molecule has 3 nitrogen and oxygen atoms in total. The van der Waals surface area contributed by atoms with Gasteiger partial charge in [-0.15, -0.1) is 0 Å². The van der Waals surface area contributed by atoms with Crippen LogP contribution in [-0.4, -0.2) is 24.1 Å². The highest BCUT2D eigenvalue weighted by Gasteiger charge is 2.31. The van der Waals surface area contributed by atoms with E-state index < -0.39 is 0 Å². The third kappa shape index (κ3) is 1.93.